The van der Waals surface area contributed by atoms with Crippen LogP contribution in [0.5, 0.6) is 0 Å². The van der Waals surface area contributed by atoms with Crippen LogP contribution in [0.1, 0.15) is 22.8 Å². The number of imidazole rings is 1. The zero-order valence-corrected chi connectivity index (χ0v) is 13.0. The van der Waals surface area contributed by atoms with Crippen molar-refractivity contribution in [3.05, 3.63) is 41.2 Å². The molecule has 3 aromatic heterocycles. The molecule has 3 heterocycles. The molecule has 0 saturated heterocycles. The Morgan fingerprint density at radius 3 is 2.80 bits per heavy atom. The molecule has 3 aromatic rings. The van der Waals surface area contributed by atoms with Gasteiger partial charge in [0.25, 0.3) is 0 Å². The predicted molar refractivity (Wildman–Crippen MR) is 79.1 cm³/mol. The molecule has 104 valence electrons. The van der Waals surface area contributed by atoms with E-state index in [0.29, 0.717) is 6.54 Å². The van der Waals surface area contributed by atoms with Crippen molar-refractivity contribution < 1.29 is 0 Å². The molecule has 6 nitrogen and oxygen atoms in total. The number of aryl methyl sites for hydroxylation is 3. The Morgan fingerprint density at radius 1 is 1.15 bits per heavy atom. The van der Waals surface area contributed by atoms with Crippen molar-refractivity contribution >= 4 is 21.7 Å². The molecule has 0 radical (unpaired) electrons. The van der Waals surface area contributed by atoms with E-state index in [-0.39, 0.29) is 0 Å². The van der Waals surface area contributed by atoms with Crippen LogP contribution in [0.4, 0.5) is 0 Å². The normalized spacial score (nSPS) is 11.3. The van der Waals surface area contributed by atoms with E-state index >= 15 is 0 Å². The van der Waals surface area contributed by atoms with E-state index in [4.69, 9.17) is 0 Å². The second-order valence-electron chi connectivity index (χ2n) is 4.79. The SMILES string of the molecule is Cc1cc(C)n2cc(Cn3cc(CCBr)nn3)nc2n1. The number of aromatic nitrogens is 6. The van der Waals surface area contributed by atoms with Crippen molar-refractivity contribution in [3.63, 3.8) is 0 Å². The lowest BCUT2D eigenvalue weighted by molar-refractivity contribution is 0.640. The van der Waals surface area contributed by atoms with E-state index in [9.17, 15) is 0 Å². The third kappa shape index (κ3) is 2.58. The van der Waals surface area contributed by atoms with E-state index in [0.717, 1.165) is 40.3 Å². The maximum Gasteiger partial charge on any atom is 0.234 e. The Bertz CT molecular complexity index is 744. The highest BCUT2D eigenvalue weighted by atomic mass is 79.9. The number of rotatable bonds is 4. The van der Waals surface area contributed by atoms with Crippen LogP contribution in [0.25, 0.3) is 5.78 Å². The Hall–Kier alpha value is -1.76. The fourth-order valence-corrected chi connectivity index (χ4v) is 2.59. The summed E-state index contributed by atoms with van der Waals surface area (Å²) in [5.74, 6) is 0.735. The average molecular weight is 335 g/mol. The highest BCUT2D eigenvalue weighted by Gasteiger charge is 2.07. The van der Waals surface area contributed by atoms with Crippen molar-refractivity contribution in [2.45, 2.75) is 26.8 Å². The second-order valence-corrected chi connectivity index (χ2v) is 5.58. The summed E-state index contributed by atoms with van der Waals surface area (Å²) in [7, 11) is 0. The van der Waals surface area contributed by atoms with Crippen molar-refractivity contribution in [2.24, 2.45) is 0 Å². The van der Waals surface area contributed by atoms with Crippen LogP contribution >= 0.6 is 15.9 Å². The molecule has 0 N–H and O–H groups in total. The van der Waals surface area contributed by atoms with Crippen molar-refractivity contribution in [2.75, 3.05) is 5.33 Å². The van der Waals surface area contributed by atoms with E-state index < -0.39 is 0 Å². The first kappa shape index (κ1) is 13.2. The first-order chi connectivity index (χ1) is 9.65. The number of fused-ring (bicyclic) bond motifs is 1. The quantitative estimate of drug-likeness (QED) is 0.684. The molecular formula is C13H15BrN6. The maximum absolute atomic E-state index is 4.54. The van der Waals surface area contributed by atoms with Crippen LogP contribution in [0.2, 0.25) is 0 Å². The molecule has 20 heavy (non-hydrogen) atoms. The fourth-order valence-electron chi connectivity index (χ4n) is 2.19. The van der Waals surface area contributed by atoms with Gasteiger partial charge < -0.3 is 0 Å². The molecule has 3 rings (SSSR count). The van der Waals surface area contributed by atoms with Gasteiger partial charge in [-0.05, 0) is 19.9 Å². The molecule has 0 amide bonds. The van der Waals surface area contributed by atoms with Gasteiger partial charge in [-0.15, -0.1) is 5.10 Å². The van der Waals surface area contributed by atoms with Gasteiger partial charge in [0.05, 0.1) is 17.9 Å². The Balaban J connectivity index is 1.88. The molecule has 0 unspecified atom stereocenters. The van der Waals surface area contributed by atoms with E-state index in [1.54, 1.807) is 0 Å². The van der Waals surface area contributed by atoms with Gasteiger partial charge in [0, 0.05) is 35.5 Å². The van der Waals surface area contributed by atoms with Gasteiger partial charge in [0.15, 0.2) is 0 Å². The Morgan fingerprint density at radius 2 is 2.00 bits per heavy atom. The van der Waals surface area contributed by atoms with Crippen LogP contribution in [0.15, 0.2) is 18.5 Å². The minimum absolute atomic E-state index is 0.608. The molecular weight excluding hydrogens is 320 g/mol. The van der Waals surface area contributed by atoms with Crippen LogP contribution in [0.3, 0.4) is 0 Å². The lowest BCUT2D eigenvalue weighted by Crippen LogP contribution is -2.00. The summed E-state index contributed by atoms with van der Waals surface area (Å²) < 4.78 is 3.81. The molecule has 0 aromatic carbocycles. The van der Waals surface area contributed by atoms with E-state index in [1.807, 2.05) is 34.5 Å². The summed E-state index contributed by atoms with van der Waals surface area (Å²) in [6.45, 7) is 4.64. The zero-order valence-electron chi connectivity index (χ0n) is 11.4. The van der Waals surface area contributed by atoms with Crippen LogP contribution in [0, 0.1) is 13.8 Å². The van der Waals surface area contributed by atoms with E-state index in [2.05, 4.69) is 43.1 Å². The highest BCUT2D eigenvalue weighted by Crippen LogP contribution is 2.09. The standard InChI is InChI=1S/C13H15BrN6/c1-9-5-10(2)20-8-12(16-13(20)15-9)7-19-6-11(3-4-14)17-18-19/h5-6,8H,3-4,7H2,1-2H3. The van der Waals surface area contributed by atoms with Gasteiger partial charge in [0.1, 0.15) is 0 Å². The van der Waals surface area contributed by atoms with Gasteiger partial charge in [-0.2, -0.15) is 0 Å². The highest BCUT2D eigenvalue weighted by molar-refractivity contribution is 9.09. The first-order valence-electron chi connectivity index (χ1n) is 6.43. The molecule has 0 spiro atoms. The topological polar surface area (TPSA) is 60.9 Å². The van der Waals surface area contributed by atoms with Crippen LogP contribution in [-0.2, 0) is 13.0 Å². The number of nitrogens with zero attached hydrogens (tertiary/aromatic N) is 6. The summed E-state index contributed by atoms with van der Waals surface area (Å²) in [5, 5.41) is 9.13. The lowest BCUT2D eigenvalue weighted by atomic mass is 10.3. The van der Waals surface area contributed by atoms with Gasteiger partial charge in [0.2, 0.25) is 5.78 Å². The molecule has 0 aliphatic heterocycles. The summed E-state index contributed by atoms with van der Waals surface area (Å²) in [6.07, 6.45) is 4.84. The molecule has 0 aliphatic carbocycles. The number of hydrogen-bond acceptors (Lipinski definition) is 4. The van der Waals surface area contributed by atoms with E-state index in [1.165, 1.54) is 0 Å². The molecule has 0 aliphatic rings. The largest absolute Gasteiger partial charge is 0.288 e. The Kier molecular flexibility index (Phi) is 3.52. The smallest absolute Gasteiger partial charge is 0.234 e. The monoisotopic (exact) mass is 334 g/mol. The molecule has 0 fully saturated rings. The third-order valence-corrected chi connectivity index (χ3v) is 3.47. The van der Waals surface area contributed by atoms with Crippen molar-refractivity contribution in [1.29, 1.82) is 0 Å². The van der Waals surface area contributed by atoms with Crippen LogP contribution in [-0.4, -0.2) is 34.7 Å². The minimum atomic E-state index is 0.608. The van der Waals surface area contributed by atoms with Gasteiger partial charge in [-0.25, -0.2) is 14.6 Å². The van der Waals surface area contributed by atoms with Crippen LogP contribution < -0.4 is 0 Å². The van der Waals surface area contributed by atoms with Crippen molar-refractivity contribution in [1.82, 2.24) is 29.4 Å². The number of alkyl halides is 1. The Labute approximate surface area is 125 Å². The predicted octanol–water partition coefficient (Wildman–Crippen LogP) is 1.92. The molecule has 7 heteroatoms. The third-order valence-electron chi connectivity index (χ3n) is 3.07. The summed E-state index contributed by atoms with van der Waals surface area (Å²) in [4.78, 5) is 8.97. The van der Waals surface area contributed by atoms with Gasteiger partial charge >= 0.3 is 0 Å². The molecule has 0 bridgehead atoms. The second kappa shape index (κ2) is 5.32. The van der Waals surface area contributed by atoms with Crippen molar-refractivity contribution in [3.8, 4) is 0 Å². The fraction of sp³-hybridized carbons (Fsp3) is 0.385. The average Bonchev–Trinajstić information content (AvgIpc) is 2.97. The zero-order chi connectivity index (χ0) is 14.1. The lowest BCUT2D eigenvalue weighted by Gasteiger charge is -1.98. The molecule has 0 saturated carbocycles. The maximum atomic E-state index is 4.54. The summed E-state index contributed by atoms with van der Waals surface area (Å²) in [6, 6.07) is 2.04. The number of hydrogen-bond donors (Lipinski definition) is 0. The summed E-state index contributed by atoms with van der Waals surface area (Å²) in [5.41, 5.74) is 4.02. The van der Waals surface area contributed by atoms with Gasteiger partial charge in [-0.3, -0.25) is 4.40 Å². The minimum Gasteiger partial charge on any atom is -0.288 e. The van der Waals surface area contributed by atoms with Gasteiger partial charge in [-0.1, -0.05) is 21.1 Å². The summed E-state index contributed by atoms with van der Waals surface area (Å²) >= 11 is 3.40. The number of halogens is 1. The molecule has 0 atom stereocenters. The first-order valence-corrected chi connectivity index (χ1v) is 7.55.